The van der Waals surface area contributed by atoms with Gasteiger partial charge in [0.15, 0.2) is 11.5 Å². The van der Waals surface area contributed by atoms with E-state index in [2.05, 4.69) is 15.5 Å². The molecule has 31 heavy (non-hydrogen) atoms. The Kier molecular flexibility index (Phi) is 6.05. The molecule has 0 bridgehead atoms. The summed E-state index contributed by atoms with van der Waals surface area (Å²) in [6.45, 7) is 0.758. The third kappa shape index (κ3) is 4.47. The third-order valence-electron chi connectivity index (χ3n) is 5.15. The van der Waals surface area contributed by atoms with Crippen LogP contribution < -0.4 is 14.2 Å². The lowest BCUT2D eigenvalue weighted by Crippen LogP contribution is -2.41. The molecule has 0 radical (unpaired) electrons. The summed E-state index contributed by atoms with van der Waals surface area (Å²) in [4.78, 5) is 0.183. The lowest BCUT2D eigenvalue weighted by atomic mass is 10.1. The Labute approximate surface area is 180 Å². The van der Waals surface area contributed by atoms with Crippen LogP contribution in [0, 0.1) is 0 Å². The molecule has 2 heterocycles. The molecule has 1 aromatic heterocycles. The van der Waals surface area contributed by atoms with Gasteiger partial charge in [-0.15, -0.1) is 5.10 Å². The van der Waals surface area contributed by atoms with Crippen molar-refractivity contribution in [3.63, 3.8) is 0 Å². The highest BCUT2D eigenvalue weighted by Crippen LogP contribution is 2.31. The lowest BCUT2D eigenvalue weighted by Gasteiger charge is -2.31. The van der Waals surface area contributed by atoms with Gasteiger partial charge in [-0.05, 0) is 59.7 Å². The van der Waals surface area contributed by atoms with Gasteiger partial charge < -0.3 is 14.2 Å². The van der Waals surface area contributed by atoms with E-state index in [4.69, 9.17) is 14.2 Å². The SMILES string of the molecule is COc1ccc(S(=O)(=O)N2CCC(Oc3ccc(-n4cnnn4)cc3)CC2)cc1OC. The zero-order valence-electron chi connectivity index (χ0n) is 17.2. The van der Waals surface area contributed by atoms with Crippen LogP contribution in [-0.4, -0.2) is 66.3 Å². The van der Waals surface area contributed by atoms with Crippen LogP contribution in [0.3, 0.4) is 0 Å². The molecule has 0 aliphatic carbocycles. The van der Waals surface area contributed by atoms with E-state index in [1.807, 2.05) is 24.3 Å². The number of rotatable bonds is 7. The predicted molar refractivity (Wildman–Crippen MR) is 111 cm³/mol. The fourth-order valence-corrected chi connectivity index (χ4v) is 4.95. The van der Waals surface area contributed by atoms with Crippen molar-refractivity contribution in [3.05, 3.63) is 48.8 Å². The van der Waals surface area contributed by atoms with Crippen molar-refractivity contribution in [2.24, 2.45) is 0 Å². The van der Waals surface area contributed by atoms with E-state index in [-0.39, 0.29) is 11.0 Å². The Morgan fingerprint density at radius 3 is 2.29 bits per heavy atom. The van der Waals surface area contributed by atoms with Gasteiger partial charge in [-0.1, -0.05) is 0 Å². The molecule has 0 spiro atoms. The third-order valence-corrected chi connectivity index (χ3v) is 7.04. The number of methoxy groups -OCH3 is 2. The van der Waals surface area contributed by atoms with Crippen LogP contribution in [0.5, 0.6) is 17.2 Å². The van der Waals surface area contributed by atoms with Crippen molar-refractivity contribution in [1.82, 2.24) is 24.5 Å². The number of benzene rings is 2. The number of hydrogen-bond acceptors (Lipinski definition) is 8. The van der Waals surface area contributed by atoms with Crippen molar-refractivity contribution in [3.8, 4) is 22.9 Å². The van der Waals surface area contributed by atoms with E-state index in [1.54, 1.807) is 10.7 Å². The quantitative estimate of drug-likeness (QED) is 0.543. The fourth-order valence-electron chi connectivity index (χ4n) is 3.47. The number of hydrogen-bond donors (Lipinski definition) is 0. The van der Waals surface area contributed by atoms with Crippen molar-refractivity contribution < 1.29 is 22.6 Å². The maximum atomic E-state index is 13.0. The minimum atomic E-state index is -3.63. The monoisotopic (exact) mass is 445 g/mol. The van der Waals surface area contributed by atoms with E-state index in [0.717, 1.165) is 11.4 Å². The molecule has 1 aliphatic rings. The lowest BCUT2D eigenvalue weighted by molar-refractivity contribution is 0.135. The molecule has 3 aromatic rings. The van der Waals surface area contributed by atoms with Crippen LogP contribution in [0.25, 0.3) is 5.69 Å². The summed E-state index contributed by atoms with van der Waals surface area (Å²) in [6, 6.07) is 12.0. The van der Waals surface area contributed by atoms with Gasteiger partial charge in [0.05, 0.1) is 24.8 Å². The minimum Gasteiger partial charge on any atom is -0.493 e. The molecule has 0 amide bonds. The van der Waals surface area contributed by atoms with Crippen molar-refractivity contribution >= 4 is 10.0 Å². The van der Waals surface area contributed by atoms with Gasteiger partial charge in [0.1, 0.15) is 18.2 Å². The number of ether oxygens (including phenoxy) is 3. The van der Waals surface area contributed by atoms with E-state index < -0.39 is 10.0 Å². The Morgan fingerprint density at radius 1 is 0.968 bits per heavy atom. The molecular formula is C20H23N5O5S. The summed E-state index contributed by atoms with van der Waals surface area (Å²) in [6.07, 6.45) is 2.66. The van der Waals surface area contributed by atoms with Gasteiger partial charge in [-0.3, -0.25) is 0 Å². The molecule has 1 saturated heterocycles. The summed E-state index contributed by atoms with van der Waals surface area (Å²) >= 11 is 0. The summed E-state index contributed by atoms with van der Waals surface area (Å²) in [5.41, 5.74) is 0.827. The maximum Gasteiger partial charge on any atom is 0.243 e. The molecule has 0 saturated carbocycles. The zero-order valence-corrected chi connectivity index (χ0v) is 18.0. The maximum absolute atomic E-state index is 13.0. The second-order valence-electron chi connectivity index (χ2n) is 6.99. The predicted octanol–water partition coefficient (Wildman–Crippen LogP) is 1.91. The van der Waals surface area contributed by atoms with Gasteiger partial charge in [-0.25, -0.2) is 13.1 Å². The van der Waals surface area contributed by atoms with Crippen LogP contribution in [0.1, 0.15) is 12.8 Å². The van der Waals surface area contributed by atoms with Gasteiger partial charge in [0, 0.05) is 19.2 Å². The minimum absolute atomic E-state index is 0.0595. The summed E-state index contributed by atoms with van der Waals surface area (Å²) < 4.78 is 45.6. The number of nitrogens with zero attached hydrogens (tertiary/aromatic N) is 5. The van der Waals surface area contributed by atoms with E-state index in [1.165, 1.54) is 37.0 Å². The van der Waals surface area contributed by atoms with Crippen LogP contribution >= 0.6 is 0 Å². The van der Waals surface area contributed by atoms with Crippen LogP contribution in [-0.2, 0) is 10.0 Å². The summed E-state index contributed by atoms with van der Waals surface area (Å²) in [7, 11) is -0.637. The standard InChI is InChI=1S/C20H23N5O5S/c1-28-19-8-7-18(13-20(19)29-2)31(26,27)24-11-9-17(10-12-24)30-16-5-3-15(4-6-16)25-14-21-22-23-25/h3-8,13-14,17H,9-12H2,1-2H3. The molecule has 11 heteroatoms. The molecule has 1 aliphatic heterocycles. The van der Waals surface area contributed by atoms with Crippen molar-refractivity contribution in [1.29, 1.82) is 0 Å². The molecule has 164 valence electrons. The molecule has 10 nitrogen and oxygen atoms in total. The van der Waals surface area contributed by atoms with Gasteiger partial charge in [0.25, 0.3) is 0 Å². The molecule has 1 fully saturated rings. The van der Waals surface area contributed by atoms with E-state index in [9.17, 15) is 8.42 Å². The highest BCUT2D eigenvalue weighted by Gasteiger charge is 2.30. The number of sulfonamides is 1. The normalized spacial score (nSPS) is 15.5. The molecule has 4 rings (SSSR count). The van der Waals surface area contributed by atoms with Gasteiger partial charge in [-0.2, -0.15) is 4.31 Å². The Balaban J connectivity index is 1.38. The summed E-state index contributed by atoms with van der Waals surface area (Å²) in [5, 5.41) is 11.1. The van der Waals surface area contributed by atoms with Gasteiger partial charge in [0.2, 0.25) is 10.0 Å². The van der Waals surface area contributed by atoms with Crippen LogP contribution in [0.4, 0.5) is 0 Å². The Bertz CT molecular complexity index is 1110. The smallest absolute Gasteiger partial charge is 0.243 e. The first-order valence-corrected chi connectivity index (χ1v) is 11.2. The second kappa shape index (κ2) is 8.90. The van der Waals surface area contributed by atoms with E-state index in [0.29, 0.717) is 37.4 Å². The highest BCUT2D eigenvalue weighted by molar-refractivity contribution is 7.89. The van der Waals surface area contributed by atoms with Crippen LogP contribution in [0.2, 0.25) is 0 Å². The average Bonchev–Trinajstić information content (AvgIpc) is 3.34. The molecule has 2 aromatic carbocycles. The zero-order chi connectivity index (χ0) is 21.8. The first kappa shape index (κ1) is 21.1. The van der Waals surface area contributed by atoms with Crippen molar-refractivity contribution in [2.75, 3.05) is 27.3 Å². The molecule has 0 unspecified atom stereocenters. The second-order valence-corrected chi connectivity index (χ2v) is 8.92. The summed E-state index contributed by atoms with van der Waals surface area (Å²) in [5.74, 6) is 1.59. The Morgan fingerprint density at radius 2 is 1.68 bits per heavy atom. The molecule has 0 atom stereocenters. The number of piperidine rings is 1. The van der Waals surface area contributed by atoms with E-state index >= 15 is 0 Å². The van der Waals surface area contributed by atoms with Crippen molar-refractivity contribution in [2.45, 2.75) is 23.8 Å². The Hall–Kier alpha value is -3.18. The molecule has 0 N–H and O–H groups in total. The first-order valence-electron chi connectivity index (χ1n) is 9.73. The number of tetrazole rings is 1. The fraction of sp³-hybridized carbons (Fsp3) is 0.350. The van der Waals surface area contributed by atoms with Gasteiger partial charge >= 0.3 is 0 Å². The van der Waals surface area contributed by atoms with Crippen LogP contribution in [0.15, 0.2) is 53.7 Å². The molecular weight excluding hydrogens is 422 g/mol. The highest BCUT2D eigenvalue weighted by atomic mass is 32.2. The first-order chi connectivity index (χ1) is 15.0. The average molecular weight is 446 g/mol. The number of aromatic nitrogens is 4. The largest absolute Gasteiger partial charge is 0.493 e. The topological polar surface area (TPSA) is 109 Å².